The number of para-hydroxylation sites is 1. The molecule has 0 unspecified atom stereocenters. The first-order valence-corrected chi connectivity index (χ1v) is 11.0. The van der Waals surface area contributed by atoms with Gasteiger partial charge in [-0.1, -0.05) is 24.3 Å². The van der Waals surface area contributed by atoms with Gasteiger partial charge in [0.1, 0.15) is 17.5 Å². The minimum Gasteiger partial charge on any atom is -0.457 e. The predicted octanol–water partition coefficient (Wildman–Crippen LogP) is 5.70. The van der Waals surface area contributed by atoms with Crippen LogP contribution in [0.25, 0.3) is 0 Å². The second-order valence-electron chi connectivity index (χ2n) is 7.90. The third kappa shape index (κ3) is 3.74. The summed E-state index contributed by atoms with van der Waals surface area (Å²) in [6, 6.07) is 26.2. The predicted molar refractivity (Wildman–Crippen MR) is 131 cm³/mol. The van der Waals surface area contributed by atoms with E-state index in [1.165, 1.54) is 0 Å². The number of nitrogens with zero attached hydrogens (tertiary/aromatic N) is 3. The molecule has 6 heteroatoms. The molecule has 0 saturated carbocycles. The molecule has 0 spiro atoms. The average Bonchev–Trinajstić information content (AvgIpc) is 3.39. The first-order valence-electron chi connectivity index (χ1n) is 10.6. The molecule has 5 nitrogen and oxygen atoms in total. The van der Waals surface area contributed by atoms with Gasteiger partial charge in [0, 0.05) is 30.8 Å². The minimum atomic E-state index is -0.0554. The van der Waals surface area contributed by atoms with E-state index in [0.717, 1.165) is 34.1 Å². The zero-order chi connectivity index (χ0) is 22.1. The van der Waals surface area contributed by atoms with E-state index in [1.54, 1.807) is 0 Å². The Hall–Kier alpha value is -3.64. The maximum atomic E-state index is 6.08. The topological polar surface area (TPSA) is 42.3 Å². The maximum absolute atomic E-state index is 6.08. The first kappa shape index (κ1) is 20.3. The molecule has 1 aliphatic rings. The summed E-state index contributed by atoms with van der Waals surface area (Å²) in [5, 5.41) is 4.18. The zero-order valence-corrected chi connectivity index (χ0v) is 18.8. The molecule has 0 amide bonds. The van der Waals surface area contributed by atoms with Gasteiger partial charge in [0.2, 0.25) is 0 Å². The largest absolute Gasteiger partial charge is 0.457 e. The van der Waals surface area contributed by atoms with Crippen molar-refractivity contribution >= 4 is 23.0 Å². The van der Waals surface area contributed by atoms with Crippen LogP contribution in [0.15, 0.2) is 91.3 Å². The van der Waals surface area contributed by atoms with Gasteiger partial charge < -0.3 is 19.5 Å². The number of hydrogen-bond acceptors (Lipinski definition) is 3. The highest BCUT2D eigenvalue weighted by atomic mass is 32.1. The van der Waals surface area contributed by atoms with E-state index in [-0.39, 0.29) is 12.1 Å². The van der Waals surface area contributed by atoms with Gasteiger partial charge in [-0.3, -0.25) is 4.98 Å². The Labute approximate surface area is 193 Å². The normalized spacial score (nSPS) is 17.9. The van der Waals surface area contributed by atoms with Gasteiger partial charge in [0.25, 0.3) is 0 Å². The van der Waals surface area contributed by atoms with Crippen molar-refractivity contribution in [3.05, 3.63) is 108 Å². The summed E-state index contributed by atoms with van der Waals surface area (Å²) in [7, 11) is 2.06. The van der Waals surface area contributed by atoms with Crippen LogP contribution in [0.3, 0.4) is 0 Å². The molecule has 0 bridgehead atoms. The van der Waals surface area contributed by atoms with Crippen LogP contribution in [-0.4, -0.2) is 14.7 Å². The lowest BCUT2D eigenvalue weighted by Gasteiger charge is -2.28. The van der Waals surface area contributed by atoms with Gasteiger partial charge in [0.15, 0.2) is 5.11 Å². The molecule has 0 aliphatic carbocycles. The zero-order valence-electron chi connectivity index (χ0n) is 18.0. The number of pyridine rings is 1. The van der Waals surface area contributed by atoms with Crippen LogP contribution in [0, 0.1) is 6.92 Å². The van der Waals surface area contributed by atoms with Crippen LogP contribution in [0.4, 0.5) is 5.69 Å². The van der Waals surface area contributed by atoms with E-state index in [1.807, 2.05) is 67.7 Å². The van der Waals surface area contributed by atoms with Gasteiger partial charge in [-0.2, -0.15) is 0 Å². The summed E-state index contributed by atoms with van der Waals surface area (Å²) in [5.41, 5.74) is 4.23. The Bertz CT molecular complexity index is 1240. The number of anilines is 1. The molecule has 1 aliphatic heterocycles. The van der Waals surface area contributed by atoms with Crippen LogP contribution in [-0.2, 0) is 7.05 Å². The molecule has 5 rings (SSSR count). The summed E-state index contributed by atoms with van der Waals surface area (Å²) in [4.78, 5) is 6.77. The van der Waals surface area contributed by atoms with Crippen LogP contribution in [0.1, 0.15) is 29.0 Å². The summed E-state index contributed by atoms with van der Waals surface area (Å²) in [6.07, 6.45) is 3.88. The van der Waals surface area contributed by atoms with Gasteiger partial charge in [-0.05, 0) is 79.3 Å². The van der Waals surface area contributed by atoms with E-state index in [0.29, 0.717) is 5.11 Å². The van der Waals surface area contributed by atoms with Crippen LogP contribution in [0.5, 0.6) is 11.5 Å². The van der Waals surface area contributed by atoms with E-state index in [9.17, 15) is 0 Å². The van der Waals surface area contributed by atoms with E-state index in [2.05, 4.69) is 57.3 Å². The van der Waals surface area contributed by atoms with Crippen molar-refractivity contribution in [1.29, 1.82) is 0 Å². The number of aromatic nitrogens is 2. The van der Waals surface area contributed by atoms with Crippen molar-refractivity contribution in [1.82, 2.24) is 14.9 Å². The van der Waals surface area contributed by atoms with Crippen molar-refractivity contribution in [3.63, 3.8) is 0 Å². The number of benzene rings is 2. The third-order valence-corrected chi connectivity index (χ3v) is 6.14. The summed E-state index contributed by atoms with van der Waals surface area (Å²) < 4.78 is 8.22. The molecule has 1 N–H and O–H groups in total. The Morgan fingerprint density at radius 2 is 1.72 bits per heavy atom. The van der Waals surface area contributed by atoms with Gasteiger partial charge in [0.05, 0.1) is 11.7 Å². The lowest BCUT2D eigenvalue weighted by atomic mass is 10.0. The molecule has 32 heavy (non-hydrogen) atoms. The Morgan fingerprint density at radius 1 is 0.938 bits per heavy atom. The highest BCUT2D eigenvalue weighted by Crippen LogP contribution is 2.41. The van der Waals surface area contributed by atoms with E-state index in [4.69, 9.17) is 17.0 Å². The Morgan fingerprint density at radius 3 is 2.41 bits per heavy atom. The van der Waals surface area contributed by atoms with Crippen molar-refractivity contribution < 1.29 is 4.74 Å². The quantitative estimate of drug-likeness (QED) is 0.403. The molecule has 1 saturated heterocycles. The summed E-state index contributed by atoms with van der Waals surface area (Å²) in [5.74, 6) is 1.65. The number of thiocarbonyl (C=S) groups is 1. The number of hydrogen-bond donors (Lipinski definition) is 1. The van der Waals surface area contributed by atoms with Gasteiger partial charge in [-0.25, -0.2) is 0 Å². The summed E-state index contributed by atoms with van der Waals surface area (Å²) in [6.45, 7) is 2.04. The molecule has 1 fully saturated rings. The van der Waals surface area contributed by atoms with Crippen LogP contribution in [0.2, 0.25) is 0 Å². The molecule has 4 aromatic rings. The Balaban J connectivity index is 1.49. The smallest absolute Gasteiger partial charge is 0.174 e. The molecule has 2 aromatic heterocycles. The molecule has 3 heterocycles. The fourth-order valence-corrected chi connectivity index (χ4v) is 4.53. The average molecular weight is 441 g/mol. The lowest BCUT2D eigenvalue weighted by molar-refractivity contribution is 0.479. The standard InChI is InChI=1S/C26H24N4OS/c1-18-8-3-4-11-23(18)31-20-14-12-19(13-15-20)30-25(22-10-7-17-29(22)2)24(28-26(30)32)21-9-5-6-16-27-21/h3-17,24-25H,1-2H3,(H,28,32)/t24-,25+/m1/s1. The second kappa shape index (κ2) is 8.48. The number of aryl methyl sites for hydroxylation is 2. The van der Waals surface area contributed by atoms with Gasteiger partial charge in [-0.15, -0.1) is 0 Å². The molecular weight excluding hydrogens is 416 g/mol. The van der Waals surface area contributed by atoms with Crippen molar-refractivity contribution in [2.45, 2.75) is 19.0 Å². The van der Waals surface area contributed by atoms with E-state index >= 15 is 0 Å². The molecule has 0 radical (unpaired) electrons. The Kier molecular flexibility index (Phi) is 5.37. The van der Waals surface area contributed by atoms with Crippen LogP contribution < -0.4 is 15.0 Å². The van der Waals surface area contributed by atoms with Crippen molar-refractivity contribution in [3.8, 4) is 11.5 Å². The molecular formula is C26H24N4OS. The first-order chi connectivity index (χ1) is 15.6. The third-order valence-electron chi connectivity index (χ3n) is 5.82. The minimum absolute atomic E-state index is 0.0273. The lowest BCUT2D eigenvalue weighted by Crippen LogP contribution is -2.30. The molecule has 2 aromatic carbocycles. The van der Waals surface area contributed by atoms with Crippen molar-refractivity contribution in [2.24, 2.45) is 7.05 Å². The fraction of sp³-hybridized carbons (Fsp3) is 0.154. The fourth-order valence-electron chi connectivity index (χ4n) is 4.19. The molecule has 160 valence electrons. The molecule has 2 atom stereocenters. The highest BCUT2D eigenvalue weighted by Gasteiger charge is 2.41. The maximum Gasteiger partial charge on any atom is 0.174 e. The van der Waals surface area contributed by atoms with Gasteiger partial charge >= 0.3 is 0 Å². The van der Waals surface area contributed by atoms with E-state index < -0.39 is 0 Å². The van der Waals surface area contributed by atoms with Crippen LogP contribution >= 0.6 is 12.2 Å². The highest BCUT2D eigenvalue weighted by molar-refractivity contribution is 7.80. The number of rotatable bonds is 5. The number of ether oxygens (including phenoxy) is 1. The SMILES string of the molecule is Cc1ccccc1Oc1ccc(N2C(=S)N[C@H](c3ccccn3)[C@@H]2c2cccn2C)cc1. The monoisotopic (exact) mass is 440 g/mol. The van der Waals surface area contributed by atoms with Crippen molar-refractivity contribution in [2.75, 3.05) is 4.90 Å². The number of nitrogens with one attached hydrogen (secondary N) is 1. The summed E-state index contributed by atoms with van der Waals surface area (Å²) >= 11 is 5.80. The second-order valence-corrected chi connectivity index (χ2v) is 8.29.